The first kappa shape index (κ1) is 36.7. The fourth-order valence-corrected chi connectivity index (χ4v) is 5.08. The van der Waals surface area contributed by atoms with Gasteiger partial charge in [-0.05, 0) is 39.9 Å². The van der Waals surface area contributed by atoms with E-state index in [0.29, 0.717) is 13.0 Å². The Morgan fingerprint density at radius 3 is 1.59 bits per heavy atom. The number of hydrogen-bond donors (Lipinski definition) is 1. The van der Waals surface area contributed by atoms with Gasteiger partial charge >= 0.3 is 14.6 Å². The number of esters is 1. The Morgan fingerprint density at radius 1 is 0.703 bits per heavy atom. The predicted octanol–water partition coefficient (Wildman–Crippen LogP) is 8.94. The van der Waals surface area contributed by atoms with E-state index in [0.717, 1.165) is 32.2 Å². The lowest BCUT2D eigenvalue weighted by Crippen LogP contribution is -2.22. The van der Waals surface area contributed by atoms with E-state index >= 15 is 0 Å². The summed E-state index contributed by atoms with van der Waals surface area (Å²) in [7, 11) is 2.09. The fourth-order valence-electron chi connectivity index (χ4n) is 4.43. The van der Waals surface area contributed by atoms with E-state index in [2.05, 4.69) is 11.8 Å². The van der Waals surface area contributed by atoms with Crippen molar-refractivity contribution < 1.29 is 23.5 Å². The Morgan fingerprint density at radius 2 is 1.16 bits per heavy atom. The minimum absolute atomic E-state index is 0.195. The van der Waals surface area contributed by atoms with E-state index in [9.17, 15) is 9.69 Å². The molecule has 6 nitrogen and oxygen atoms in total. The molecule has 2 atom stereocenters. The summed E-state index contributed by atoms with van der Waals surface area (Å²) < 4.78 is 16.3. The molecule has 2 unspecified atom stereocenters. The molecule has 0 heterocycles. The highest BCUT2D eigenvalue weighted by Gasteiger charge is 2.17. The number of ether oxygens (including phenoxy) is 1. The van der Waals surface area contributed by atoms with Crippen LogP contribution in [0.4, 0.5) is 0 Å². The molecule has 0 amide bonds. The van der Waals surface area contributed by atoms with E-state index in [4.69, 9.17) is 13.8 Å². The summed E-state index contributed by atoms with van der Waals surface area (Å²) in [5.74, 6) is -0.217. The van der Waals surface area contributed by atoms with Crippen molar-refractivity contribution in [3.8, 4) is 0 Å². The molecule has 0 aromatic carbocycles. The minimum Gasteiger partial charge on any atom is -0.460 e. The highest BCUT2D eigenvalue weighted by Crippen LogP contribution is 2.33. The third kappa shape index (κ3) is 28.6. The number of rotatable bonds is 29. The maximum absolute atomic E-state index is 11.8. The van der Waals surface area contributed by atoms with Crippen LogP contribution < -0.4 is 0 Å². The van der Waals surface area contributed by atoms with Gasteiger partial charge in [-0.15, -0.1) is 0 Å². The zero-order valence-electron chi connectivity index (χ0n) is 25.0. The molecule has 0 bridgehead atoms. The molecule has 1 N–H and O–H groups in total. The summed E-state index contributed by atoms with van der Waals surface area (Å²) in [4.78, 5) is 23.8. The quantitative estimate of drug-likeness (QED) is 0.0573. The molecule has 0 spiro atoms. The zero-order valence-corrected chi connectivity index (χ0v) is 25.9. The number of unbranched alkanes of at least 4 members (excludes halogenated alkanes) is 17. The molecule has 0 aromatic rings. The predicted molar refractivity (Wildman–Crippen MR) is 158 cm³/mol. The minimum atomic E-state index is -1.92. The van der Waals surface area contributed by atoms with Gasteiger partial charge in [0.2, 0.25) is 0 Å². The summed E-state index contributed by atoms with van der Waals surface area (Å²) in [6.07, 6.45) is 26.0. The van der Waals surface area contributed by atoms with Crippen LogP contribution in [0, 0.1) is 0 Å². The molecule has 0 aliphatic carbocycles. The molecule has 0 saturated heterocycles. The van der Waals surface area contributed by atoms with Gasteiger partial charge in [-0.25, -0.2) is 0 Å². The standard InChI is InChI=1S/C30H62NO5P/c1-5-7-8-9-10-11-12-13-14-15-16-17-18-19-20-21-22-23-25-29(36-30(32)6-2)28-35-37(33)34-27-24-26-31(3)4/h29,33H,5-28H2,1-4H3. The summed E-state index contributed by atoms with van der Waals surface area (Å²) >= 11 is 0. The van der Waals surface area contributed by atoms with Crippen molar-refractivity contribution in [1.82, 2.24) is 4.90 Å². The molecule has 0 rings (SSSR count). The fraction of sp³-hybridized carbons (Fsp3) is 0.967. The third-order valence-corrected chi connectivity index (χ3v) is 7.56. The van der Waals surface area contributed by atoms with Gasteiger partial charge < -0.3 is 23.6 Å². The second kappa shape index (κ2) is 28.7. The highest BCUT2D eigenvalue weighted by atomic mass is 31.2. The van der Waals surface area contributed by atoms with Crippen molar-refractivity contribution >= 4 is 14.6 Å². The Balaban J connectivity index is 3.65. The molecule has 0 saturated carbocycles. The van der Waals surface area contributed by atoms with Crippen LogP contribution in [0.25, 0.3) is 0 Å². The van der Waals surface area contributed by atoms with Gasteiger partial charge in [0, 0.05) is 6.42 Å². The maximum atomic E-state index is 11.8. The third-order valence-electron chi connectivity index (χ3n) is 6.79. The van der Waals surface area contributed by atoms with Gasteiger partial charge in [-0.2, -0.15) is 0 Å². The number of carbonyl (C=O) groups is 1. The van der Waals surface area contributed by atoms with Crippen LogP contribution >= 0.6 is 8.60 Å². The van der Waals surface area contributed by atoms with Crippen molar-refractivity contribution in [2.45, 2.75) is 155 Å². The molecule has 0 fully saturated rings. The normalized spacial score (nSPS) is 13.2. The monoisotopic (exact) mass is 547 g/mol. The Kier molecular flexibility index (Phi) is 28.5. The average Bonchev–Trinajstić information content (AvgIpc) is 2.88. The first-order valence-corrected chi connectivity index (χ1v) is 16.7. The first-order valence-electron chi connectivity index (χ1n) is 15.6. The van der Waals surface area contributed by atoms with Crippen LogP contribution in [0.5, 0.6) is 0 Å². The van der Waals surface area contributed by atoms with E-state index < -0.39 is 8.60 Å². The Bertz CT molecular complexity index is 481. The van der Waals surface area contributed by atoms with Gasteiger partial charge in [-0.3, -0.25) is 4.79 Å². The topological polar surface area (TPSA) is 68.2 Å². The van der Waals surface area contributed by atoms with Gasteiger partial charge in [-0.1, -0.05) is 123 Å². The Hall–Kier alpha value is -0.260. The van der Waals surface area contributed by atoms with Crippen LogP contribution in [0.2, 0.25) is 0 Å². The van der Waals surface area contributed by atoms with Crippen LogP contribution in [0.15, 0.2) is 0 Å². The van der Waals surface area contributed by atoms with Crippen molar-refractivity contribution in [2.75, 3.05) is 33.9 Å². The van der Waals surface area contributed by atoms with Gasteiger partial charge in [0.1, 0.15) is 6.10 Å². The lowest BCUT2D eigenvalue weighted by atomic mass is 10.0. The van der Waals surface area contributed by atoms with E-state index in [1.165, 1.54) is 103 Å². The smallest absolute Gasteiger partial charge is 0.329 e. The summed E-state index contributed by atoms with van der Waals surface area (Å²) in [5.41, 5.74) is 0. The molecule has 37 heavy (non-hydrogen) atoms. The second-order valence-corrected chi connectivity index (χ2v) is 11.8. The van der Waals surface area contributed by atoms with Crippen LogP contribution in [-0.4, -0.2) is 55.7 Å². The van der Waals surface area contributed by atoms with E-state index in [-0.39, 0.29) is 18.7 Å². The Labute approximate surface area is 231 Å². The van der Waals surface area contributed by atoms with E-state index in [1.54, 1.807) is 6.92 Å². The molecule has 0 radical (unpaired) electrons. The molecular formula is C30H62NO5P. The van der Waals surface area contributed by atoms with Crippen LogP contribution in [0.3, 0.4) is 0 Å². The molecule has 222 valence electrons. The SMILES string of the molecule is CCCCCCCCCCCCCCCCCCCCC(COP(O)OCCCN(C)C)OC(=O)CC. The van der Waals surface area contributed by atoms with Gasteiger partial charge in [0.15, 0.2) is 0 Å². The number of carbonyl (C=O) groups excluding carboxylic acids is 1. The molecule has 7 heteroatoms. The van der Waals surface area contributed by atoms with Crippen LogP contribution in [-0.2, 0) is 18.6 Å². The molecule has 0 aromatic heterocycles. The highest BCUT2D eigenvalue weighted by molar-refractivity contribution is 7.40. The summed E-state index contributed by atoms with van der Waals surface area (Å²) in [5, 5.41) is 0. The first-order chi connectivity index (χ1) is 18.0. The van der Waals surface area contributed by atoms with E-state index in [1.807, 2.05) is 14.1 Å². The second-order valence-electron chi connectivity index (χ2n) is 10.8. The summed E-state index contributed by atoms with van der Waals surface area (Å²) in [6, 6.07) is 0. The summed E-state index contributed by atoms with van der Waals surface area (Å²) in [6.45, 7) is 5.63. The van der Waals surface area contributed by atoms with Crippen LogP contribution in [0.1, 0.15) is 149 Å². The van der Waals surface area contributed by atoms with Crippen molar-refractivity contribution in [1.29, 1.82) is 0 Å². The lowest BCUT2D eigenvalue weighted by molar-refractivity contribution is -0.150. The lowest BCUT2D eigenvalue weighted by Gasteiger charge is -2.19. The molecular weight excluding hydrogens is 485 g/mol. The zero-order chi connectivity index (χ0) is 27.4. The van der Waals surface area contributed by atoms with Crippen molar-refractivity contribution in [3.63, 3.8) is 0 Å². The van der Waals surface area contributed by atoms with Gasteiger partial charge in [0.25, 0.3) is 0 Å². The average molecular weight is 548 g/mol. The van der Waals surface area contributed by atoms with Gasteiger partial charge in [0.05, 0.1) is 13.2 Å². The molecule has 0 aliphatic rings. The van der Waals surface area contributed by atoms with Crippen molar-refractivity contribution in [3.05, 3.63) is 0 Å². The largest absolute Gasteiger partial charge is 0.460 e. The number of nitrogens with zero attached hydrogens (tertiary/aromatic N) is 1. The molecule has 0 aliphatic heterocycles. The van der Waals surface area contributed by atoms with Crippen molar-refractivity contribution in [2.24, 2.45) is 0 Å². The maximum Gasteiger partial charge on any atom is 0.329 e. The number of hydrogen-bond acceptors (Lipinski definition) is 6.